The molecule has 7 heterocycles. The van der Waals surface area contributed by atoms with Crippen LogP contribution in [0.4, 0.5) is 34.1 Å². The molecular formula is C119H87N13. The Morgan fingerprint density at radius 2 is 0.545 bits per heavy atom. The Bertz CT molecular complexity index is 8110. The van der Waals surface area contributed by atoms with E-state index in [1.807, 2.05) is 72.9 Å². The molecule has 0 aliphatic carbocycles. The first kappa shape index (κ1) is 79.2. The molecule has 0 spiro atoms. The van der Waals surface area contributed by atoms with Crippen LogP contribution in [0.1, 0.15) is 23.5 Å². The number of hydrogen-bond donors (Lipinski definition) is 2. The van der Waals surface area contributed by atoms with Crippen molar-refractivity contribution in [1.82, 2.24) is 48.6 Å². The Labute approximate surface area is 764 Å². The van der Waals surface area contributed by atoms with Crippen LogP contribution in [0.3, 0.4) is 0 Å². The maximum atomic E-state index is 4.88. The largest absolute Gasteiger partial charge is 0.330 e. The number of aromatic nitrogens is 8. The molecule has 132 heavy (non-hydrogen) atoms. The van der Waals surface area contributed by atoms with Crippen LogP contribution in [0.2, 0.25) is 0 Å². The van der Waals surface area contributed by atoms with Gasteiger partial charge in [0.1, 0.15) is 12.3 Å². The molecule has 13 heteroatoms. The van der Waals surface area contributed by atoms with Crippen molar-refractivity contribution in [2.45, 2.75) is 12.3 Å². The summed E-state index contributed by atoms with van der Waals surface area (Å²) in [6.45, 7) is 4.17. The van der Waals surface area contributed by atoms with Gasteiger partial charge in [-0.25, -0.2) is 25.8 Å². The molecule has 0 bridgehead atoms. The van der Waals surface area contributed by atoms with Crippen LogP contribution >= 0.6 is 0 Å². The molecule has 1 aliphatic heterocycles. The van der Waals surface area contributed by atoms with Crippen LogP contribution in [0.15, 0.2) is 498 Å². The lowest BCUT2D eigenvalue weighted by molar-refractivity contribution is 0.555. The van der Waals surface area contributed by atoms with Crippen molar-refractivity contribution >= 4 is 121 Å². The highest BCUT2D eigenvalue weighted by molar-refractivity contribution is 6.15. The first-order valence-corrected chi connectivity index (χ1v) is 44.6. The molecule has 0 saturated carbocycles. The third-order valence-corrected chi connectivity index (χ3v) is 25.2. The summed E-state index contributed by atoms with van der Waals surface area (Å²) in [6, 6.07) is 167. The summed E-state index contributed by atoms with van der Waals surface area (Å²) in [5.41, 5.74) is 34.2. The number of hydrazine groups is 1. The summed E-state index contributed by atoms with van der Waals surface area (Å²) in [7, 11) is 0. The highest BCUT2D eigenvalue weighted by atomic mass is 15.6. The zero-order chi connectivity index (χ0) is 87.8. The molecule has 13 nitrogen and oxygen atoms in total. The summed E-state index contributed by atoms with van der Waals surface area (Å²) < 4.78 is 11.7. The van der Waals surface area contributed by atoms with Crippen molar-refractivity contribution in [2.75, 3.05) is 14.7 Å². The highest BCUT2D eigenvalue weighted by Crippen LogP contribution is 2.44. The number of benzene rings is 18. The standard InChI is InChI=1S/C41H29N5.C40H31N5.C38H27N3/c1-2-45(34-26-27-38-36(28-34)35-20-12-13-21-37(35)46(38)33-18-10-5-11-19-33)32-24-22-31(23-25-32)41-43-39(29-14-6-3-7-15-29)42-40(44-41)30-16-8-4-9-17-30;1-4-12-28(13-5-1)39-41-42-40(29-14-6-2-7-15-29)45(39)33-22-20-31(21-23-33)43-25-24-30-26-38-35(27-37(30)43)34-18-10-11-19-36(34)44(38)32-16-8-3-9-17-32;1-4-12-30(13-5-1)40(31-14-6-2-7-15-31)33-22-20-29(21-23-33)39-25-24-28-26-38-35(27-37(28)39)34-18-10-11-19-36(34)41(38)32-16-8-3-9-17-32/h2-28H,1H2;1-27,39-42H;1-27H. The van der Waals surface area contributed by atoms with Gasteiger partial charge in [0.15, 0.2) is 17.5 Å². The van der Waals surface area contributed by atoms with Gasteiger partial charge in [-0.3, -0.25) is 0 Å². The van der Waals surface area contributed by atoms with E-state index in [9.17, 15) is 0 Å². The van der Waals surface area contributed by atoms with Gasteiger partial charge in [0.05, 0.1) is 44.1 Å². The zero-order valence-electron chi connectivity index (χ0n) is 72.0. The lowest BCUT2D eigenvalue weighted by atomic mass is 10.1. The quantitative estimate of drug-likeness (QED) is 0.0931. The fourth-order valence-electron chi connectivity index (χ4n) is 19.0. The molecule has 18 aromatic carbocycles. The Morgan fingerprint density at radius 3 is 0.955 bits per heavy atom. The van der Waals surface area contributed by atoms with Gasteiger partial charge < -0.3 is 37.5 Å². The fraction of sp³-hybridized carbons (Fsp3) is 0.0168. The van der Waals surface area contributed by atoms with E-state index in [-0.39, 0.29) is 12.3 Å². The second kappa shape index (κ2) is 34.7. The van der Waals surface area contributed by atoms with Crippen molar-refractivity contribution in [3.8, 4) is 62.6 Å². The third kappa shape index (κ3) is 14.8. The van der Waals surface area contributed by atoms with Gasteiger partial charge >= 0.3 is 0 Å². The average Bonchev–Trinajstić information content (AvgIpc) is 1.56. The highest BCUT2D eigenvalue weighted by Gasteiger charge is 2.35. The normalized spacial score (nSPS) is 13.1. The molecule has 1 saturated heterocycles. The molecule has 0 amide bonds. The van der Waals surface area contributed by atoms with Crippen LogP contribution < -0.4 is 25.6 Å². The van der Waals surface area contributed by atoms with Gasteiger partial charge in [-0.05, 0) is 217 Å². The van der Waals surface area contributed by atoms with Gasteiger partial charge in [0.25, 0.3) is 0 Å². The lowest BCUT2D eigenvalue weighted by Crippen LogP contribution is -2.29. The maximum absolute atomic E-state index is 4.88. The van der Waals surface area contributed by atoms with Crippen molar-refractivity contribution in [1.29, 1.82) is 0 Å². The van der Waals surface area contributed by atoms with Gasteiger partial charge in [-0.15, -0.1) is 0 Å². The van der Waals surface area contributed by atoms with Gasteiger partial charge in [-0.2, -0.15) is 0 Å². The molecule has 25 rings (SSSR count). The SMILES string of the molecule is C=CN(c1ccc(-c2nc(-c3ccccc3)nc(-c3ccccc3)n2)cc1)c1ccc2c(c1)c1ccccc1n2-c1ccccc1.c1ccc(C2NNC(c3ccccc3)N2c2ccc(-n3ccc4cc5c(cc43)c3ccccc3n5-c3ccccc3)cc2)cc1.c1ccc(N(c2ccccc2)c2ccc(-n3ccc4cc5c(cc43)c3ccccc3n5-c3ccccc3)cc2)cc1. The van der Waals surface area contributed by atoms with Crippen LogP contribution in [-0.4, -0.2) is 37.8 Å². The molecule has 2 atom stereocenters. The fourth-order valence-corrected chi connectivity index (χ4v) is 19.0. The second-order valence-electron chi connectivity index (χ2n) is 33.0. The Balaban J connectivity index is 0.000000112. The molecule has 24 aromatic rings. The minimum atomic E-state index is -0.00937. The number of nitrogens with zero attached hydrogens (tertiary/aromatic N) is 11. The number of fused-ring (bicyclic) bond motifs is 11. The zero-order valence-corrected chi connectivity index (χ0v) is 72.0. The monoisotopic (exact) mass is 1700 g/mol. The first-order valence-electron chi connectivity index (χ1n) is 44.6. The molecule has 2 unspecified atom stereocenters. The third-order valence-electron chi connectivity index (χ3n) is 25.2. The van der Waals surface area contributed by atoms with E-state index in [4.69, 9.17) is 15.0 Å². The average molecular weight is 1700 g/mol. The minimum Gasteiger partial charge on any atom is -0.330 e. The Morgan fingerprint density at radius 1 is 0.235 bits per heavy atom. The van der Waals surface area contributed by atoms with Crippen LogP contribution in [0.5, 0.6) is 0 Å². The van der Waals surface area contributed by atoms with Crippen molar-refractivity contribution in [3.05, 3.63) is 509 Å². The molecule has 6 aromatic heterocycles. The second-order valence-corrected chi connectivity index (χ2v) is 33.0. The Kier molecular flexibility index (Phi) is 20.8. The molecule has 628 valence electrons. The molecule has 1 aliphatic rings. The predicted octanol–water partition coefficient (Wildman–Crippen LogP) is 29.5. The predicted molar refractivity (Wildman–Crippen MR) is 546 cm³/mol. The summed E-state index contributed by atoms with van der Waals surface area (Å²) in [4.78, 5) is 21.4. The lowest BCUT2D eigenvalue weighted by Gasteiger charge is -2.31. The molecule has 1 fully saturated rings. The van der Waals surface area contributed by atoms with E-state index >= 15 is 0 Å². The number of para-hydroxylation sites is 8. The Hall–Kier alpha value is -17.5. The van der Waals surface area contributed by atoms with Gasteiger partial charge in [-0.1, -0.05) is 273 Å². The van der Waals surface area contributed by atoms with Crippen molar-refractivity contribution in [3.63, 3.8) is 0 Å². The van der Waals surface area contributed by atoms with Crippen molar-refractivity contribution < 1.29 is 0 Å². The van der Waals surface area contributed by atoms with Crippen molar-refractivity contribution in [2.24, 2.45) is 0 Å². The van der Waals surface area contributed by atoms with E-state index in [0.29, 0.717) is 17.5 Å². The number of anilines is 6. The molecule has 2 N–H and O–H groups in total. The van der Waals surface area contributed by atoms with Crippen LogP contribution in [0, 0.1) is 0 Å². The van der Waals surface area contributed by atoms with Crippen LogP contribution in [0.25, 0.3) is 150 Å². The minimum absolute atomic E-state index is 0.00937. The summed E-state index contributed by atoms with van der Waals surface area (Å²) in [6.07, 6.45) is 6.21. The van der Waals surface area contributed by atoms with Gasteiger partial charge in [0.2, 0.25) is 0 Å². The molecular weight excluding hydrogens is 1610 g/mol. The van der Waals surface area contributed by atoms with E-state index in [1.54, 1.807) is 0 Å². The maximum Gasteiger partial charge on any atom is 0.164 e. The smallest absolute Gasteiger partial charge is 0.164 e. The topological polar surface area (TPSA) is 97.1 Å². The van der Waals surface area contributed by atoms with E-state index in [0.717, 1.165) is 73.4 Å². The number of rotatable bonds is 17. The summed E-state index contributed by atoms with van der Waals surface area (Å²) in [5, 5.41) is 9.86. The van der Waals surface area contributed by atoms with E-state index in [2.05, 4.69) is 474 Å². The summed E-state index contributed by atoms with van der Waals surface area (Å²) in [5.74, 6) is 1.91. The summed E-state index contributed by atoms with van der Waals surface area (Å²) >= 11 is 0. The molecule has 0 radical (unpaired) electrons. The van der Waals surface area contributed by atoms with Gasteiger partial charge in [0, 0.05) is 141 Å². The van der Waals surface area contributed by atoms with E-state index in [1.165, 1.54) is 104 Å². The number of nitrogens with one attached hydrogen (secondary N) is 2. The van der Waals surface area contributed by atoms with E-state index < -0.39 is 0 Å². The first-order chi connectivity index (χ1) is 65.4. The van der Waals surface area contributed by atoms with Crippen LogP contribution in [-0.2, 0) is 0 Å². The number of hydrogen-bond acceptors (Lipinski definition) is 8.